The number of hydrogen-bond donors (Lipinski definition) is 1. The molecule has 0 saturated heterocycles. The first-order chi connectivity index (χ1) is 9.65. The SMILES string of the molecule is CCc1nn(CC)c(CNC(C)Cc2cccs2)c1Cl. The molecule has 2 aromatic heterocycles. The molecule has 0 spiro atoms. The molecule has 0 aliphatic heterocycles. The lowest BCUT2D eigenvalue weighted by atomic mass is 10.2. The van der Waals surface area contributed by atoms with Crippen LogP contribution in [-0.2, 0) is 25.9 Å². The highest BCUT2D eigenvalue weighted by molar-refractivity contribution is 7.09. The number of nitrogens with zero attached hydrogens (tertiary/aromatic N) is 2. The molecule has 1 unspecified atom stereocenters. The van der Waals surface area contributed by atoms with E-state index < -0.39 is 0 Å². The van der Waals surface area contributed by atoms with Gasteiger partial charge in [-0.15, -0.1) is 11.3 Å². The Morgan fingerprint density at radius 1 is 1.45 bits per heavy atom. The fourth-order valence-corrected chi connectivity index (χ4v) is 3.43. The highest BCUT2D eigenvalue weighted by Gasteiger charge is 2.14. The summed E-state index contributed by atoms with van der Waals surface area (Å²) in [6, 6.07) is 4.71. The molecule has 110 valence electrons. The monoisotopic (exact) mass is 311 g/mol. The summed E-state index contributed by atoms with van der Waals surface area (Å²) in [5.41, 5.74) is 2.10. The van der Waals surface area contributed by atoms with E-state index in [0.29, 0.717) is 6.04 Å². The average molecular weight is 312 g/mol. The van der Waals surface area contributed by atoms with Crippen molar-refractivity contribution in [3.05, 3.63) is 38.8 Å². The number of thiophene rings is 1. The summed E-state index contributed by atoms with van der Waals surface area (Å²) in [4.78, 5) is 1.41. The van der Waals surface area contributed by atoms with Crippen molar-refractivity contribution >= 4 is 22.9 Å². The molecule has 3 nitrogen and oxygen atoms in total. The number of rotatable bonds is 7. The Kier molecular flexibility index (Phi) is 5.64. The van der Waals surface area contributed by atoms with Crippen molar-refractivity contribution in [2.24, 2.45) is 0 Å². The second-order valence-corrected chi connectivity index (χ2v) is 6.35. The molecule has 1 atom stereocenters. The number of nitrogens with one attached hydrogen (secondary N) is 1. The largest absolute Gasteiger partial charge is 0.308 e. The standard InChI is InChI=1S/C15H22ClN3S/c1-4-13-15(16)14(19(5-2)18-13)10-17-11(3)9-12-7-6-8-20-12/h6-8,11,17H,4-5,9-10H2,1-3H3. The molecule has 2 aromatic rings. The maximum atomic E-state index is 6.41. The van der Waals surface area contributed by atoms with Crippen LogP contribution in [-0.4, -0.2) is 15.8 Å². The number of aromatic nitrogens is 2. The van der Waals surface area contributed by atoms with Crippen LogP contribution in [0.4, 0.5) is 0 Å². The minimum absolute atomic E-state index is 0.426. The van der Waals surface area contributed by atoms with Crippen molar-refractivity contribution < 1.29 is 0 Å². The van der Waals surface area contributed by atoms with E-state index in [1.54, 1.807) is 0 Å². The first-order valence-electron chi connectivity index (χ1n) is 7.15. The molecule has 0 aliphatic carbocycles. The van der Waals surface area contributed by atoms with Gasteiger partial charge in [-0.2, -0.15) is 5.10 Å². The summed E-state index contributed by atoms with van der Waals surface area (Å²) in [6.07, 6.45) is 1.93. The summed E-state index contributed by atoms with van der Waals surface area (Å²) in [5.74, 6) is 0. The van der Waals surface area contributed by atoms with Crippen LogP contribution >= 0.6 is 22.9 Å². The second kappa shape index (κ2) is 7.25. The van der Waals surface area contributed by atoms with Gasteiger partial charge >= 0.3 is 0 Å². The summed E-state index contributed by atoms with van der Waals surface area (Å²) in [5, 5.41) is 11.0. The van der Waals surface area contributed by atoms with Gasteiger partial charge in [0.2, 0.25) is 0 Å². The smallest absolute Gasteiger partial charge is 0.0863 e. The van der Waals surface area contributed by atoms with Crippen LogP contribution in [0.5, 0.6) is 0 Å². The lowest BCUT2D eigenvalue weighted by Crippen LogP contribution is -2.28. The van der Waals surface area contributed by atoms with Crippen molar-refractivity contribution in [2.75, 3.05) is 0 Å². The van der Waals surface area contributed by atoms with Crippen LogP contribution in [0.25, 0.3) is 0 Å². The molecule has 0 saturated carbocycles. The second-order valence-electron chi connectivity index (χ2n) is 4.94. The number of aryl methyl sites for hydroxylation is 2. The Morgan fingerprint density at radius 2 is 2.25 bits per heavy atom. The van der Waals surface area contributed by atoms with Crippen molar-refractivity contribution in [3.8, 4) is 0 Å². The van der Waals surface area contributed by atoms with Crippen LogP contribution in [0.1, 0.15) is 37.0 Å². The summed E-state index contributed by atoms with van der Waals surface area (Å²) < 4.78 is 2.01. The van der Waals surface area contributed by atoms with E-state index in [-0.39, 0.29) is 0 Å². The molecule has 2 heterocycles. The van der Waals surface area contributed by atoms with E-state index >= 15 is 0 Å². The zero-order chi connectivity index (χ0) is 14.5. The van der Waals surface area contributed by atoms with Gasteiger partial charge in [-0.05, 0) is 38.1 Å². The molecule has 0 fully saturated rings. The predicted octanol–water partition coefficient (Wildman–Crippen LogP) is 3.90. The molecule has 0 bridgehead atoms. The summed E-state index contributed by atoms with van der Waals surface area (Å²) in [7, 11) is 0. The molecule has 0 aliphatic rings. The fourth-order valence-electron chi connectivity index (χ4n) is 2.26. The lowest BCUT2D eigenvalue weighted by Gasteiger charge is -2.13. The summed E-state index contributed by atoms with van der Waals surface area (Å²) in [6.45, 7) is 8.02. The van der Waals surface area contributed by atoms with Gasteiger partial charge in [0.1, 0.15) is 0 Å². The van der Waals surface area contributed by atoms with Crippen molar-refractivity contribution in [1.29, 1.82) is 0 Å². The highest BCUT2D eigenvalue weighted by Crippen LogP contribution is 2.21. The van der Waals surface area contributed by atoms with Crippen molar-refractivity contribution in [3.63, 3.8) is 0 Å². The quantitative estimate of drug-likeness (QED) is 0.840. The van der Waals surface area contributed by atoms with Gasteiger partial charge in [0.25, 0.3) is 0 Å². The Bertz CT molecular complexity index is 534. The zero-order valence-corrected chi connectivity index (χ0v) is 13.9. The van der Waals surface area contributed by atoms with E-state index in [2.05, 4.69) is 48.7 Å². The van der Waals surface area contributed by atoms with Crippen LogP contribution in [0.3, 0.4) is 0 Å². The third-order valence-corrected chi connectivity index (χ3v) is 4.73. The minimum Gasteiger partial charge on any atom is -0.308 e. The Morgan fingerprint density at radius 3 is 2.85 bits per heavy atom. The van der Waals surface area contributed by atoms with Crippen LogP contribution < -0.4 is 5.32 Å². The first kappa shape index (κ1) is 15.5. The molecular weight excluding hydrogens is 290 g/mol. The molecule has 0 aromatic carbocycles. The van der Waals surface area contributed by atoms with Crippen LogP contribution in [0.15, 0.2) is 17.5 Å². The van der Waals surface area contributed by atoms with Gasteiger partial charge in [-0.25, -0.2) is 0 Å². The van der Waals surface area contributed by atoms with E-state index in [9.17, 15) is 0 Å². The lowest BCUT2D eigenvalue weighted by molar-refractivity contribution is 0.515. The topological polar surface area (TPSA) is 29.9 Å². The Labute approximate surface area is 130 Å². The maximum Gasteiger partial charge on any atom is 0.0863 e. The normalized spacial score (nSPS) is 12.8. The molecule has 1 N–H and O–H groups in total. The minimum atomic E-state index is 0.426. The van der Waals surface area contributed by atoms with Crippen LogP contribution in [0.2, 0.25) is 5.02 Å². The number of halogens is 1. The molecule has 0 amide bonds. The van der Waals surface area contributed by atoms with Gasteiger partial charge in [-0.1, -0.05) is 24.6 Å². The first-order valence-corrected chi connectivity index (χ1v) is 8.41. The molecule has 2 rings (SSSR count). The van der Waals surface area contributed by atoms with Gasteiger partial charge < -0.3 is 5.32 Å². The average Bonchev–Trinajstić information content (AvgIpc) is 3.04. The Hall–Kier alpha value is -0.840. The summed E-state index contributed by atoms with van der Waals surface area (Å²) >= 11 is 8.22. The zero-order valence-electron chi connectivity index (χ0n) is 12.3. The third kappa shape index (κ3) is 3.62. The molecule has 5 heteroatoms. The van der Waals surface area contributed by atoms with Crippen molar-refractivity contribution in [2.45, 2.75) is 52.7 Å². The van der Waals surface area contributed by atoms with E-state index in [0.717, 1.165) is 42.3 Å². The number of hydrogen-bond acceptors (Lipinski definition) is 3. The van der Waals surface area contributed by atoms with Gasteiger partial charge in [0.15, 0.2) is 0 Å². The van der Waals surface area contributed by atoms with Crippen LogP contribution in [0, 0.1) is 0 Å². The fraction of sp³-hybridized carbons (Fsp3) is 0.533. The van der Waals surface area contributed by atoms with Crippen molar-refractivity contribution in [1.82, 2.24) is 15.1 Å². The van der Waals surface area contributed by atoms with Gasteiger partial charge in [-0.3, -0.25) is 4.68 Å². The van der Waals surface area contributed by atoms with E-state index in [1.807, 2.05) is 16.0 Å². The maximum absolute atomic E-state index is 6.41. The predicted molar refractivity (Wildman–Crippen MR) is 86.6 cm³/mol. The van der Waals surface area contributed by atoms with E-state index in [1.165, 1.54) is 4.88 Å². The Balaban J connectivity index is 1.97. The van der Waals surface area contributed by atoms with Gasteiger partial charge in [0.05, 0.1) is 16.4 Å². The molecular formula is C15H22ClN3S. The third-order valence-electron chi connectivity index (χ3n) is 3.40. The van der Waals surface area contributed by atoms with E-state index in [4.69, 9.17) is 11.6 Å². The molecule has 0 radical (unpaired) electrons. The van der Waals surface area contributed by atoms with Gasteiger partial charge in [0, 0.05) is 24.0 Å². The molecule has 20 heavy (non-hydrogen) atoms. The highest BCUT2D eigenvalue weighted by atomic mass is 35.5.